The van der Waals surface area contributed by atoms with Gasteiger partial charge in [-0.15, -0.1) is 0 Å². The van der Waals surface area contributed by atoms with E-state index in [0.29, 0.717) is 11.8 Å². The SMILES string of the molecule is CC(C)CNCC(C)C(C)N(C)CC(F)F. The second-order valence-corrected chi connectivity index (χ2v) is 5.10. The molecule has 1 N–H and O–H groups in total. The van der Waals surface area contributed by atoms with Gasteiger partial charge in [-0.2, -0.15) is 0 Å². The Kier molecular flexibility index (Phi) is 7.85. The molecular weight excluding hydrogens is 210 g/mol. The summed E-state index contributed by atoms with van der Waals surface area (Å²) >= 11 is 0. The smallest absolute Gasteiger partial charge is 0.251 e. The van der Waals surface area contributed by atoms with E-state index in [1.807, 2.05) is 6.92 Å². The molecule has 0 aliphatic carbocycles. The molecule has 0 fully saturated rings. The third-order valence-electron chi connectivity index (χ3n) is 2.96. The lowest BCUT2D eigenvalue weighted by molar-refractivity contribution is 0.0715. The van der Waals surface area contributed by atoms with Crippen LogP contribution in [0, 0.1) is 11.8 Å². The van der Waals surface area contributed by atoms with Gasteiger partial charge in [-0.3, -0.25) is 4.90 Å². The quantitative estimate of drug-likeness (QED) is 0.696. The Labute approximate surface area is 98.4 Å². The van der Waals surface area contributed by atoms with Crippen molar-refractivity contribution in [1.29, 1.82) is 0 Å². The minimum absolute atomic E-state index is 0.143. The summed E-state index contributed by atoms with van der Waals surface area (Å²) in [6.07, 6.45) is -2.25. The zero-order valence-corrected chi connectivity index (χ0v) is 11.1. The first-order valence-electron chi connectivity index (χ1n) is 6.03. The minimum Gasteiger partial charge on any atom is -0.316 e. The van der Waals surface area contributed by atoms with Crippen molar-refractivity contribution in [2.24, 2.45) is 11.8 Å². The van der Waals surface area contributed by atoms with Crippen LogP contribution in [-0.4, -0.2) is 44.0 Å². The van der Waals surface area contributed by atoms with E-state index in [9.17, 15) is 8.78 Å². The van der Waals surface area contributed by atoms with Gasteiger partial charge in [0.15, 0.2) is 0 Å². The lowest BCUT2D eigenvalue weighted by Crippen LogP contribution is -2.41. The number of nitrogens with one attached hydrogen (secondary N) is 1. The Balaban J connectivity index is 3.83. The summed E-state index contributed by atoms with van der Waals surface area (Å²) in [4.78, 5) is 1.73. The molecule has 0 amide bonds. The highest BCUT2D eigenvalue weighted by molar-refractivity contribution is 4.72. The van der Waals surface area contributed by atoms with Crippen LogP contribution in [0.3, 0.4) is 0 Å². The summed E-state index contributed by atoms with van der Waals surface area (Å²) in [6, 6.07) is 0.175. The lowest BCUT2D eigenvalue weighted by Gasteiger charge is -2.29. The molecule has 2 atom stereocenters. The van der Waals surface area contributed by atoms with E-state index in [-0.39, 0.29) is 12.6 Å². The Morgan fingerprint density at radius 3 is 2.06 bits per heavy atom. The Morgan fingerprint density at radius 1 is 1.06 bits per heavy atom. The van der Waals surface area contributed by atoms with Crippen LogP contribution in [0.15, 0.2) is 0 Å². The van der Waals surface area contributed by atoms with E-state index >= 15 is 0 Å². The fourth-order valence-corrected chi connectivity index (χ4v) is 1.59. The number of alkyl halides is 2. The minimum atomic E-state index is -2.25. The topological polar surface area (TPSA) is 15.3 Å². The molecule has 0 aromatic carbocycles. The summed E-state index contributed by atoms with van der Waals surface area (Å²) in [5.41, 5.74) is 0. The van der Waals surface area contributed by atoms with Crippen molar-refractivity contribution in [2.45, 2.75) is 40.2 Å². The summed E-state index contributed by atoms with van der Waals surface area (Å²) in [6.45, 7) is 10.1. The molecule has 0 aliphatic heterocycles. The largest absolute Gasteiger partial charge is 0.316 e. The van der Waals surface area contributed by atoms with Gasteiger partial charge >= 0.3 is 0 Å². The maximum absolute atomic E-state index is 12.2. The highest BCUT2D eigenvalue weighted by Crippen LogP contribution is 2.10. The third-order valence-corrected chi connectivity index (χ3v) is 2.96. The molecule has 0 spiro atoms. The summed E-state index contributed by atoms with van der Waals surface area (Å²) in [5.74, 6) is 1.00. The van der Waals surface area contributed by atoms with Crippen LogP contribution in [0.2, 0.25) is 0 Å². The van der Waals surface area contributed by atoms with E-state index in [0.717, 1.165) is 13.1 Å². The molecule has 0 aromatic heterocycles. The molecule has 0 heterocycles. The zero-order chi connectivity index (χ0) is 12.7. The second kappa shape index (κ2) is 7.96. The third kappa shape index (κ3) is 7.12. The first-order chi connectivity index (χ1) is 7.34. The molecule has 2 unspecified atom stereocenters. The molecule has 0 aliphatic rings. The predicted molar refractivity (Wildman–Crippen MR) is 65.0 cm³/mol. The van der Waals surface area contributed by atoms with Crippen molar-refractivity contribution in [3.05, 3.63) is 0 Å². The normalized spacial score (nSPS) is 16.1. The number of nitrogens with zero attached hydrogens (tertiary/aromatic N) is 1. The number of hydrogen-bond acceptors (Lipinski definition) is 2. The molecule has 0 rings (SSSR count). The predicted octanol–water partition coefficient (Wildman–Crippen LogP) is 2.45. The number of rotatable bonds is 8. The Bertz CT molecular complexity index is 174. The van der Waals surface area contributed by atoms with Crippen molar-refractivity contribution >= 4 is 0 Å². The maximum Gasteiger partial charge on any atom is 0.251 e. The summed E-state index contributed by atoms with van der Waals surface area (Å²) in [5, 5.41) is 3.36. The van der Waals surface area contributed by atoms with Crippen LogP contribution >= 0.6 is 0 Å². The van der Waals surface area contributed by atoms with Crippen molar-refractivity contribution in [3.63, 3.8) is 0 Å². The van der Waals surface area contributed by atoms with Crippen LogP contribution in [0.25, 0.3) is 0 Å². The average molecular weight is 236 g/mol. The molecular formula is C12H26F2N2. The molecule has 2 nitrogen and oxygen atoms in total. The maximum atomic E-state index is 12.2. The van der Waals surface area contributed by atoms with Crippen LogP contribution in [-0.2, 0) is 0 Å². The highest BCUT2D eigenvalue weighted by Gasteiger charge is 2.19. The van der Waals surface area contributed by atoms with E-state index in [1.165, 1.54) is 0 Å². The van der Waals surface area contributed by atoms with Gasteiger partial charge in [0, 0.05) is 6.04 Å². The van der Waals surface area contributed by atoms with Gasteiger partial charge in [0.1, 0.15) is 0 Å². The second-order valence-electron chi connectivity index (χ2n) is 5.10. The molecule has 0 saturated heterocycles. The van der Waals surface area contributed by atoms with Gasteiger partial charge in [0.05, 0.1) is 6.54 Å². The van der Waals surface area contributed by atoms with Gasteiger partial charge in [0.25, 0.3) is 6.43 Å². The van der Waals surface area contributed by atoms with Crippen molar-refractivity contribution < 1.29 is 8.78 Å². The van der Waals surface area contributed by atoms with Crippen LogP contribution in [0.4, 0.5) is 8.78 Å². The van der Waals surface area contributed by atoms with Crippen molar-refractivity contribution in [2.75, 3.05) is 26.7 Å². The van der Waals surface area contributed by atoms with Gasteiger partial charge in [0.2, 0.25) is 0 Å². The van der Waals surface area contributed by atoms with E-state index in [2.05, 4.69) is 26.1 Å². The standard InChI is InChI=1S/C12H26F2N2/c1-9(2)6-15-7-10(3)11(4)16(5)8-12(13)14/h9-12,15H,6-8H2,1-5H3. The molecule has 16 heavy (non-hydrogen) atoms. The van der Waals surface area contributed by atoms with E-state index in [1.54, 1.807) is 11.9 Å². The molecule has 4 heteroatoms. The van der Waals surface area contributed by atoms with Gasteiger partial charge in [-0.05, 0) is 38.9 Å². The summed E-state index contributed by atoms with van der Waals surface area (Å²) < 4.78 is 24.4. The average Bonchev–Trinajstić information content (AvgIpc) is 2.14. The molecule has 0 bridgehead atoms. The molecule has 98 valence electrons. The Hall–Kier alpha value is -0.220. The molecule has 0 aromatic rings. The van der Waals surface area contributed by atoms with Gasteiger partial charge in [-0.25, -0.2) is 8.78 Å². The first kappa shape index (κ1) is 15.8. The zero-order valence-electron chi connectivity index (χ0n) is 11.1. The fourth-order valence-electron chi connectivity index (χ4n) is 1.59. The number of halogens is 2. The fraction of sp³-hybridized carbons (Fsp3) is 1.00. The Morgan fingerprint density at radius 2 is 1.62 bits per heavy atom. The van der Waals surface area contributed by atoms with Crippen LogP contribution < -0.4 is 5.32 Å². The summed E-state index contributed by atoms with van der Waals surface area (Å²) in [7, 11) is 1.76. The molecule has 0 saturated carbocycles. The number of hydrogen-bond donors (Lipinski definition) is 1. The van der Waals surface area contributed by atoms with Crippen LogP contribution in [0.1, 0.15) is 27.7 Å². The first-order valence-corrected chi connectivity index (χ1v) is 6.03. The molecule has 0 radical (unpaired) electrons. The van der Waals surface area contributed by atoms with Crippen molar-refractivity contribution in [1.82, 2.24) is 10.2 Å². The van der Waals surface area contributed by atoms with Crippen molar-refractivity contribution in [3.8, 4) is 0 Å². The highest BCUT2D eigenvalue weighted by atomic mass is 19.3. The van der Waals surface area contributed by atoms with Crippen LogP contribution in [0.5, 0.6) is 0 Å². The van der Waals surface area contributed by atoms with E-state index in [4.69, 9.17) is 0 Å². The van der Waals surface area contributed by atoms with E-state index < -0.39 is 6.43 Å². The van der Waals surface area contributed by atoms with Gasteiger partial charge < -0.3 is 5.32 Å². The van der Waals surface area contributed by atoms with Gasteiger partial charge in [-0.1, -0.05) is 20.8 Å². The monoisotopic (exact) mass is 236 g/mol. The lowest BCUT2D eigenvalue weighted by atomic mass is 10.0.